The molecule has 1 amide bonds. The van der Waals surface area contributed by atoms with E-state index in [2.05, 4.69) is 10.6 Å². The van der Waals surface area contributed by atoms with Gasteiger partial charge >= 0.3 is 0 Å². The number of carbonyl (C=O) groups is 1. The molecule has 0 aliphatic heterocycles. The van der Waals surface area contributed by atoms with Crippen LogP contribution in [0.4, 0.5) is 5.69 Å². The molecule has 0 aromatic heterocycles. The zero-order valence-corrected chi connectivity index (χ0v) is 11.1. The molecule has 0 saturated heterocycles. The minimum atomic E-state index is -0.0197. The zero-order chi connectivity index (χ0) is 13.4. The number of hydrogen-bond donors (Lipinski definition) is 2. The molecule has 1 rings (SSSR count). The molecule has 0 aliphatic rings. The average molecular weight is 252 g/mol. The van der Waals surface area contributed by atoms with E-state index < -0.39 is 0 Å². The third-order valence-electron chi connectivity index (χ3n) is 2.51. The van der Waals surface area contributed by atoms with E-state index in [9.17, 15) is 4.79 Å². The number of methoxy groups -OCH3 is 2. The first-order valence-electron chi connectivity index (χ1n) is 5.87. The summed E-state index contributed by atoms with van der Waals surface area (Å²) >= 11 is 0. The van der Waals surface area contributed by atoms with Crippen molar-refractivity contribution in [2.24, 2.45) is 0 Å². The lowest BCUT2D eigenvalue weighted by Crippen LogP contribution is -2.15. The molecule has 0 unspecified atom stereocenters. The van der Waals surface area contributed by atoms with Gasteiger partial charge in [-0.15, -0.1) is 0 Å². The summed E-state index contributed by atoms with van der Waals surface area (Å²) in [6.07, 6.45) is 1.29. The number of hydrogen-bond acceptors (Lipinski definition) is 4. The van der Waals surface area contributed by atoms with Gasteiger partial charge in [-0.2, -0.15) is 0 Å². The van der Waals surface area contributed by atoms with Gasteiger partial charge in [0.25, 0.3) is 0 Å². The molecule has 2 N–H and O–H groups in total. The van der Waals surface area contributed by atoms with Crippen LogP contribution in [0.25, 0.3) is 0 Å². The zero-order valence-electron chi connectivity index (χ0n) is 11.1. The highest BCUT2D eigenvalue weighted by molar-refractivity contribution is 5.92. The maximum atomic E-state index is 11.7. The highest BCUT2D eigenvalue weighted by Crippen LogP contribution is 2.29. The molecule has 0 heterocycles. The highest BCUT2D eigenvalue weighted by atomic mass is 16.5. The molecule has 18 heavy (non-hydrogen) atoms. The first-order chi connectivity index (χ1) is 8.71. The Morgan fingerprint density at radius 2 is 2.06 bits per heavy atom. The molecule has 0 saturated carbocycles. The molecule has 0 atom stereocenters. The van der Waals surface area contributed by atoms with E-state index in [0.717, 1.165) is 13.0 Å². The molecule has 0 aliphatic carbocycles. The summed E-state index contributed by atoms with van der Waals surface area (Å²) in [4.78, 5) is 11.7. The van der Waals surface area contributed by atoms with Crippen LogP contribution >= 0.6 is 0 Å². The summed E-state index contributed by atoms with van der Waals surface area (Å²) in [5, 5.41) is 5.83. The monoisotopic (exact) mass is 252 g/mol. The minimum Gasteiger partial charge on any atom is -0.497 e. The molecular formula is C13H20N2O3. The van der Waals surface area contributed by atoms with Crippen LogP contribution < -0.4 is 20.1 Å². The Morgan fingerprint density at radius 3 is 2.67 bits per heavy atom. The van der Waals surface area contributed by atoms with Gasteiger partial charge in [-0.05, 0) is 32.1 Å². The molecule has 1 aromatic carbocycles. The fourth-order valence-electron chi connectivity index (χ4n) is 1.54. The van der Waals surface area contributed by atoms with Gasteiger partial charge in [0, 0.05) is 12.5 Å². The lowest BCUT2D eigenvalue weighted by molar-refractivity contribution is -0.116. The molecular weight excluding hydrogens is 232 g/mol. The fourth-order valence-corrected chi connectivity index (χ4v) is 1.54. The Bertz CT molecular complexity index is 394. The van der Waals surface area contributed by atoms with E-state index >= 15 is 0 Å². The van der Waals surface area contributed by atoms with Crippen LogP contribution in [0.5, 0.6) is 11.5 Å². The van der Waals surface area contributed by atoms with Crippen LogP contribution in [0.1, 0.15) is 12.8 Å². The average Bonchev–Trinajstić information content (AvgIpc) is 2.39. The van der Waals surface area contributed by atoms with Gasteiger partial charge in [0.15, 0.2) is 0 Å². The third kappa shape index (κ3) is 4.25. The summed E-state index contributed by atoms with van der Waals surface area (Å²) in [5.74, 6) is 1.27. The van der Waals surface area contributed by atoms with Gasteiger partial charge in [0.05, 0.1) is 19.9 Å². The SMILES string of the molecule is CNCCCC(=O)Nc1ccc(OC)cc1OC. The lowest BCUT2D eigenvalue weighted by Gasteiger charge is -2.11. The summed E-state index contributed by atoms with van der Waals surface area (Å²) in [6, 6.07) is 5.29. The van der Waals surface area contributed by atoms with Crippen LogP contribution in [-0.2, 0) is 4.79 Å². The second kappa shape index (κ2) is 7.55. The van der Waals surface area contributed by atoms with E-state index in [4.69, 9.17) is 9.47 Å². The normalized spacial score (nSPS) is 9.94. The van der Waals surface area contributed by atoms with Crippen LogP contribution in [-0.4, -0.2) is 33.7 Å². The maximum Gasteiger partial charge on any atom is 0.224 e. The van der Waals surface area contributed by atoms with Crippen LogP contribution in [0.15, 0.2) is 18.2 Å². The first kappa shape index (κ1) is 14.3. The van der Waals surface area contributed by atoms with E-state index in [0.29, 0.717) is 23.6 Å². The smallest absolute Gasteiger partial charge is 0.224 e. The molecule has 0 spiro atoms. The van der Waals surface area contributed by atoms with Crippen molar-refractivity contribution in [2.45, 2.75) is 12.8 Å². The molecule has 0 radical (unpaired) electrons. The Labute approximate surface area is 107 Å². The number of rotatable bonds is 7. The number of nitrogens with one attached hydrogen (secondary N) is 2. The standard InChI is InChI=1S/C13H20N2O3/c1-14-8-4-5-13(16)15-11-7-6-10(17-2)9-12(11)18-3/h6-7,9,14H,4-5,8H2,1-3H3,(H,15,16). The summed E-state index contributed by atoms with van der Waals surface area (Å²) < 4.78 is 10.3. The van der Waals surface area contributed by atoms with E-state index in [-0.39, 0.29) is 5.91 Å². The van der Waals surface area contributed by atoms with Crippen molar-refractivity contribution in [3.63, 3.8) is 0 Å². The van der Waals surface area contributed by atoms with Crippen molar-refractivity contribution in [2.75, 3.05) is 33.1 Å². The van der Waals surface area contributed by atoms with Gasteiger partial charge in [0.1, 0.15) is 11.5 Å². The van der Waals surface area contributed by atoms with Crippen molar-refractivity contribution < 1.29 is 14.3 Å². The quantitative estimate of drug-likeness (QED) is 0.724. The topological polar surface area (TPSA) is 59.6 Å². The Hall–Kier alpha value is -1.75. The van der Waals surface area contributed by atoms with Gasteiger partial charge in [-0.3, -0.25) is 4.79 Å². The second-order valence-corrected chi connectivity index (χ2v) is 3.82. The molecule has 0 bridgehead atoms. The second-order valence-electron chi connectivity index (χ2n) is 3.82. The van der Waals surface area contributed by atoms with Crippen LogP contribution in [0.2, 0.25) is 0 Å². The van der Waals surface area contributed by atoms with E-state index in [1.807, 2.05) is 7.05 Å². The largest absolute Gasteiger partial charge is 0.497 e. The predicted octanol–water partition coefficient (Wildman–Crippen LogP) is 1.64. The highest BCUT2D eigenvalue weighted by Gasteiger charge is 2.08. The third-order valence-corrected chi connectivity index (χ3v) is 2.51. The Balaban J connectivity index is 2.63. The first-order valence-corrected chi connectivity index (χ1v) is 5.87. The predicted molar refractivity (Wildman–Crippen MR) is 71.3 cm³/mol. The van der Waals surface area contributed by atoms with Crippen molar-refractivity contribution in [1.29, 1.82) is 0 Å². The van der Waals surface area contributed by atoms with Crippen molar-refractivity contribution >= 4 is 11.6 Å². The Kier molecular flexibility index (Phi) is 6.00. The van der Waals surface area contributed by atoms with Gasteiger partial charge in [-0.1, -0.05) is 0 Å². The number of anilines is 1. The van der Waals surface area contributed by atoms with E-state index in [1.165, 1.54) is 0 Å². The van der Waals surface area contributed by atoms with Gasteiger partial charge in [0.2, 0.25) is 5.91 Å². The summed E-state index contributed by atoms with van der Waals surface area (Å²) in [7, 11) is 5.01. The summed E-state index contributed by atoms with van der Waals surface area (Å²) in [5.41, 5.74) is 0.660. The molecule has 5 nitrogen and oxygen atoms in total. The molecule has 100 valence electrons. The van der Waals surface area contributed by atoms with Crippen molar-refractivity contribution in [1.82, 2.24) is 5.32 Å². The number of carbonyl (C=O) groups excluding carboxylic acids is 1. The lowest BCUT2D eigenvalue weighted by atomic mass is 10.2. The van der Waals surface area contributed by atoms with Crippen molar-refractivity contribution in [3.05, 3.63) is 18.2 Å². The van der Waals surface area contributed by atoms with Crippen LogP contribution in [0.3, 0.4) is 0 Å². The molecule has 5 heteroatoms. The minimum absolute atomic E-state index is 0.0197. The summed E-state index contributed by atoms with van der Waals surface area (Å²) in [6.45, 7) is 0.827. The fraction of sp³-hybridized carbons (Fsp3) is 0.462. The maximum absolute atomic E-state index is 11.7. The van der Waals surface area contributed by atoms with Gasteiger partial charge in [-0.25, -0.2) is 0 Å². The van der Waals surface area contributed by atoms with Gasteiger partial charge < -0.3 is 20.1 Å². The number of ether oxygens (including phenoxy) is 2. The van der Waals surface area contributed by atoms with E-state index in [1.54, 1.807) is 32.4 Å². The van der Waals surface area contributed by atoms with Crippen LogP contribution in [0, 0.1) is 0 Å². The number of amides is 1. The molecule has 0 fully saturated rings. The molecule has 1 aromatic rings. The Morgan fingerprint density at radius 1 is 1.28 bits per heavy atom. The number of benzene rings is 1. The van der Waals surface area contributed by atoms with Crippen molar-refractivity contribution in [3.8, 4) is 11.5 Å².